The van der Waals surface area contributed by atoms with Crippen LogP contribution in [0.25, 0.3) is 10.8 Å². The number of aliphatic carboxylic acids is 1. The van der Waals surface area contributed by atoms with Crippen molar-refractivity contribution in [2.24, 2.45) is 5.41 Å². The lowest BCUT2D eigenvalue weighted by Gasteiger charge is -2.31. The summed E-state index contributed by atoms with van der Waals surface area (Å²) in [4.78, 5) is 27.0. The van der Waals surface area contributed by atoms with E-state index in [1.54, 1.807) is 24.1 Å². The summed E-state index contributed by atoms with van der Waals surface area (Å²) in [5, 5.41) is 11.9. The smallest absolute Gasteiger partial charge is 0.306 e. The van der Waals surface area contributed by atoms with Gasteiger partial charge >= 0.3 is 5.97 Å². The van der Waals surface area contributed by atoms with Crippen LogP contribution >= 0.6 is 11.6 Å². The fourth-order valence-electron chi connectivity index (χ4n) is 4.44. The number of ether oxygens (including phenoxy) is 2. The Kier molecular flexibility index (Phi) is 6.56. The standard InChI is InChI=1S/C27H28ClNO5/c1-27(2,3)15-29-21-11-9-16(28)13-20(21)25(34-23(26(29)32)14-24(30)31)19-10-12-22(33-4)18-8-6-5-7-17(18)19/h5-13,23,25H,14-15H2,1-4H3,(H,30,31)/t23-,25-/m1/s1. The second-order valence-electron chi connectivity index (χ2n) is 9.69. The molecule has 0 spiro atoms. The molecule has 0 fully saturated rings. The molecule has 1 amide bonds. The number of carbonyl (C=O) groups is 2. The third-order valence-corrected chi connectivity index (χ3v) is 6.05. The van der Waals surface area contributed by atoms with Gasteiger partial charge in [-0.05, 0) is 40.6 Å². The molecule has 178 valence electrons. The molecule has 1 N–H and O–H groups in total. The number of carboxylic acid groups (broad SMARTS) is 1. The van der Waals surface area contributed by atoms with Crippen molar-refractivity contribution in [3.8, 4) is 5.75 Å². The second-order valence-corrected chi connectivity index (χ2v) is 10.1. The van der Waals surface area contributed by atoms with Crippen LogP contribution in [-0.2, 0) is 14.3 Å². The molecule has 0 aliphatic carbocycles. The Balaban J connectivity index is 1.97. The summed E-state index contributed by atoms with van der Waals surface area (Å²) >= 11 is 6.41. The molecule has 1 aliphatic heterocycles. The predicted octanol–water partition coefficient (Wildman–Crippen LogP) is 5.84. The summed E-state index contributed by atoms with van der Waals surface area (Å²) in [5.74, 6) is -0.760. The van der Waals surface area contributed by atoms with Crippen molar-refractivity contribution < 1.29 is 24.2 Å². The third kappa shape index (κ3) is 4.74. The van der Waals surface area contributed by atoms with E-state index in [1.165, 1.54) is 0 Å². The van der Waals surface area contributed by atoms with Crippen molar-refractivity contribution in [3.63, 3.8) is 0 Å². The van der Waals surface area contributed by atoms with E-state index in [9.17, 15) is 14.7 Å². The maximum absolute atomic E-state index is 13.6. The molecule has 1 heterocycles. The SMILES string of the molecule is COc1ccc([C@H]2O[C@H](CC(=O)O)C(=O)N(CC(C)(C)C)c3ccc(Cl)cc32)c2ccccc12. The quantitative estimate of drug-likeness (QED) is 0.495. The van der Waals surface area contributed by atoms with Gasteiger partial charge in [0.05, 0.1) is 13.5 Å². The van der Waals surface area contributed by atoms with Crippen LogP contribution in [0.2, 0.25) is 5.02 Å². The van der Waals surface area contributed by atoms with Crippen molar-refractivity contribution in [1.29, 1.82) is 0 Å². The fraction of sp³-hybridized carbons (Fsp3) is 0.333. The van der Waals surface area contributed by atoms with Crippen molar-refractivity contribution in [1.82, 2.24) is 0 Å². The molecule has 0 saturated heterocycles. The number of anilines is 1. The number of benzene rings is 3. The van der Waals surface area contributed by atoms with Crippen LogP contribution < -0.4 is 9.64 Å². The third-order valence-electron chi connectivity index (χ3n) is 5.82. The summed E-state index contributed by atoms with van der Waals surface area (Å²) in [5.41, 5.74) is 1.96. The zero-order chi connectivity index (χ0) is 24.6. The molecule has 0 aromatic heterocycles. The van der Waals surface area contributed by atoms with Gasteiger partial charge in [0.15, 0.2) is 0 Å². The molecule has 1 aliphatic rings. The number of amides is 1. The maximum Gasteiger partial charge on any atom is 0.306 e. The van der Waals surface area contributed by atoms with E-state index in [1.807, 2.05) is 63.2 Å². The molecule has 0 saturated carbocycles. The summed E-state index contributed by atoms with van der Waals surface area (Å²) in [6.07, 6.45) is -2.30. The zero-order valence-electron chi connectivity index (χ0n) is 19.7. The highest BCUT2D eigenvalue weighted by Gasteiger charge is 2.39. The van der Waals surface area contributed by atoms with Gasteiger partial charge in [0.25, 0.3) is 5.91 Å². The van der Waals surface area contributed by atoms with Crippen molar-refractivity contribution in [3.05, 3.63) is 70.7 Å². The number of fused-ring (bicyclic) bond motifs is 2. The van der Waals surface area contributed by atoms with Crippen LogP contribution in [-0.4, -0.2) is 36.7 Å². The van der Waals surface area contributed by atoms with Crippen LogP contribution in [0.15, 0.2) is 54.6 Å². The van der Waals surface area contributed by atoms with E-state index in [-0.39, 0.29) is 11.3 Å². The Morgan fingerprint density at radius 1 is 1.09 bits per heavy atom. The maximum atomic E-state index is 13.6. The molecule has 3 aromatic rings. The van der Waals surface area contributed by atoms with Crippen LogP contribution in [0.4, 0.5) is 5.69 Å². The first-order valence-corrected chi connectivity index (χ1v) is 11.5. The van der Waals surface area contributed by atoms with E-state index in [4.69, 9.17) is 21.1 Å². The van der Waals surface area contributed by atoms with E-state index in [2.05, 4.69) is 0 Å². The van der Waals surface area contributed by atoms with Crippen molar-refractivity contribution >= 4 is 39.9 Å². The number of nitrogens with zero attached hydrogens (tertiary/aromatic N) is 1. The molecule has 4 rings (SSSR count). The molecule has 3 aromatic carbocycles. The highest BCUT2D eigenvalue weighted by atomic mass is 35.5. The Morgan fingerprint density at radius 3 is 2.44 bits per heavy atom. The molecular weight excluding hydrogens is 454 g/mol. The first-order valence-electron chi connectivity index (χ1n) is 11.1. The predicted molar refractivity (Wildman–Crippen MR) is 133 cm³/mol. The largest absolute Gasteiger partial charge is 0.496 e. The lowest BCUT2D eigenvalue weighted by atomic mass is 9.92. The van der Waals surface area contributed by atoms with Crippen molar-refractivity contribution in [2.75, 3.05) is 18.6 Å². The molecule has 0 bridgehead atoms. The first kappa shape index (κ1) is 24.0. The Hall–Kier alpha value is -3.09. The average Bonchev–Trinajstić information content (AvgIpc) is 2.87. The number of carboxylic acids is 1. The normalized spacial score (nSPS) is 18.5. The van der Waals surface area contributed by atoms with E-state index in [0.717, 1.165) is 16.3 Å². The molecule has 0 radical (unpaired) electrons. The highest BCUT2D eigenvalue weighted by molar-refractivity contribution is 6.30. The lowest BCUT2D eigenvalue weighted by Crippen LogP contribution is -2.44. The van der Waals surface area contributed by atoms with E-state index >= 15 is 0 Å². The van der Waals surface area contributed by atoms with Gasteiger partial charge in [0.1, 0.15) is 18.0 Å². The van der Waals surface area contributed by atoms with Gasteiger partial charge < -0.3 is 19.5 Å². The Labute approximate surface area is 204 Å². The molecule has 6 nitrogen and oxygen atoms in total. The molecule has 7 heteroatoms. The summed E-state index contributed by atoms with van der Waals surface area (Å²) < 4.78 is 11.9. The summed E-state index contributed by atoms with van der Waals surface area (Å²) in [7, 11) is 1.62. The topological polar surface area (TPSA) is 76.1 Å². The number of hydrogen-bond acceptors (Lipinski definition) is 4. The minimum Gasteiger partial charge on any atom is -0.496 e. The van der Waals surface area contributed by atoms with E-state index < -0.39 is 24.6 Å². The van der Waals surface area contributed by atoms with Gasteiger partial charge in [-0.2, -0.15) is 0 Å². The Bertz CT molecular complexity index is 1250. The minimum absolute atomic E-state index is 0.229. The monoisotopic (exact) mass is 481 g/mol. The molecule has 34 heavy (non-hydrogen) atoms. The molecule has 2 atom stereocenters. The average molecular weight is 482 g/mol. The minimum atomic E-state index is -1.16. The number of halogens is 1. The number of carbonyl (C=O) groups excluding carboxylic acids is 1. The van der Waals surface area contributed by atoms with E-state index in [0.29, 0.717) is 28.6 Å². The van der Waals surface area contributed by atoms with Gasteiger partial charge in [-0.1, -0.05) is 62.7 Å². The van der Waals surface area contributed by atoms with Crippen LogP contribution in [0, 0.1) is 5.41 Å². The van der Waals surface area contributed by atoms with Gasteiger partial charge in [-0.25, -0.2) is 0 Å². The van der Waals surface area contributed by atoms with Crippen LogP contribution in [0.1, 0.15) is 44.4 Å². The molecular formula is C27H28ClNO5. The van der Waals surface area contributed by atoms with Crippen molar-refractivity contribution in [2.45, 2.75) is 39.4 Å². The highest BCUT2D eigenvalue weighted by Crippen LogP contribution is 2.43. The summed E-state index contributed by atoms with van der Waals surface area (Å²) in [6.45, 7) is 6.49. The number of rotatable bonds is 5. The number of hydrogen-bond donors (Lipinski definition) is 1. The zero-order valence-corrected chi connectivity index (χ0v) is 20.4. The Morgan fingerprint density at radius 2 is 1.79 bits per heavy atom. The van der Waals surface area contributed by atoms with Gasteiger partial charge in [-0.15, -0.1) is 0 Å². The van der Waals surface area contributed by atoms with Gasteiger partial charge in [-0.3, -0.25) is 9.59 Å². The van der Waals surface area contributed by atoms with Gasteiger partial charge in [0.2, 0.25) is 0 Å². The van der Waals surface area contributed by atoms with Crippen LogP contribution in [0.3, 0.4) is 0 Å². The summed E-state index contributed by atoms with van der Waals surface area (Å²) in [6, 6.07) is 16.9. The van der Waals surface area contributed by atoms with Gasteiger partial charge in [0, 0.05) is 28.2 Å². The second kappa shape index (κ2) is 9.28. The lowest BCUT2D eigenvalue weighted by molar-refractivity contribution is -0.147. The van der Waals surface area contributed by atoms with Crippen LogP contribution in [0.5, 0.6) is 5.75 Å². The molecule has 0 unspecified atom stereocenters. The first-order chi connectivity index (χ1) is 16.1. The number of methoxy groups -OCH3 is 1. The fourth-order valence-corrected chi connectivity index (χ4v) is 4.62.